The highest BCUT2D eigenvalue weighted by molar-refractivity contribution is 7.92. The van der Waals surface area contributed by atoms with E-state index in [1.807, 2.05) is 19.9 Å². The minimum Gasteiger partial charge on any atom is -0.478 e. The molecule has 1 aromatic carbocycles. The molecule has 0 saturated carbocycles. The molecule has 2 unspecified atom stereocenters. The quantitative estimate of drug-likeness (QED) is 0.752. The summed E-state index contributed by atoms with van der Waals surface area (Å²) in [5.41, 5.74) is 2.24. The van der Waals surface area contributed by atoms with Crippen molar-refractivity contribution in [2.45, 2.75) is 49.9 Å². The van der Waals surface area contributed by atoms with Crippen molar-refractivity contribution in [3.05, 3.63) is 41.2 Å². The van der Waals surface area contributed by atoms with Crippen LogP contribution in [0.1, 0.15) is 55.2 Å². The van der Waals surface area contributed by atoms with Crippen LogP contribution in [0, 0.1) is 5.92 Å². The molecule has 8 nitrogen and oxygen atoms in total. The molecule has 1 aromatic heterocycles. The summed E-state index contributed by atoms with van der Waals surface area (Å²) in [5.74, 6) is -0.335. The van der Waals surface area contributed by atoms with Gasteiger partial charge in [0.25, 0.3) is 11.8 Å². The second-order valence-corrected chi connectivity index (χ2v) is 11.3. The number of hydrogen-bond donors (Lipinski definition) is 2. The summed E-state index contributed by atoms with van der Waals surface area (Å²) in [6, 6.07) is 4.94. The highest BCUT2D eigenvalue weighted by Crippen LogP contribution is 2.45. The second kappa shape index (κ2) is 7.40. The maximum absolute atomic E-state index is 13.0. The molecule has 31 heavy (non-hydrogen) atoms. The van der Waals surface area contributed by atoms with Crippen molar-refractivity contribution in [1.29, 1.82) is 0 Å². The van der Waals surface area contributed by atoms with Gasteiger partial charge in [-0.2, -0.15) is 0 Å². The fourth-order valence-electron chi connectivity index (χ4n) is 4.14. The number of H-pyrrole nitrogens is 1. The van der Waals surface area contributed by atoms with Crippen LogP contribution in [0.3, 0.4) is 0 Å². The number of rotatable bonds is 4. The molecule has 2 aromatic rings. The summed E-state index contributed by atoms with van der Waals surface area (Å²) >= 11 is 0. The zero-order valence-corrected chi connectivity index (χ0v) is 19.0. The Hall–Kier alpha value is -2.81. The lowest BCUT2D eigenvalue weighted by molar-refractivity contribution is -0.125. The minimum absolute atomic E-state index is 0.0708. The number of nitrogens with one attached hydrogen (secondary N) is 2. The zero-order valence-electron chi connectivity index (χ0n) is 18.2. The average Bonchev–Trinajstić information content (AvgIpc) is 3.19. The monoisotopic (exact) mass is 445 g/mol. The molecule has 0 saturated heterocycles. The van der Waals surface area contributed by atoms with Gasteiger partial charge in [0.15, 0.2) is 15.9 Å². The number of likely N-dealkylation sites (N-methyl/N-ethyl adjacent to an activating group) is 1. The van der Waals surface area contributed by atoms with Crippen LogP contribution in [-0.4, -0.2) is 55.1 Å². The van der Waals surface area contributed by atoms with E-state index in [4.69, 9.17) is 4.74 Å². The molecular formula is C22H27N3O5S. The van der Waals surface area contributed by atoms with E-state index in [0.29, 0.717) is 29.2 Å². The van der Waals surface area contributed by atoms with Gasteiger partial charge in [0.05, 0.1) is 15.8 Å². The summed E-state index contributed by atoms with van der Waals surface area (Å²) in [6.07, 6.45) is 1.02. The van der Waals surface area contributed by atoms with E-state index in [0.717, 1.165) is 5.56 Å². The zero-order chi connectivity index (χ0) is 22.7. The Balaban J connectivity index is 1.95. The highest BCUT2D eigenvalue weighted by Gasteiger charge is 2.38. The van der Waals surface area contributed by atoms with Crippen molar-refractivity contribution < 1.29 is 22.7 Å². The van der Waals surface area contributed by atoms with Crippen LogP contribution in [0.2, 0.25) is 0 Å². The number of sulfone groups is 1. The third-order valence-corrected chi connectivity index (χ3v) is 8.09. The first-order chi connectivity index (χ1) is 14.5. The number of benzene rings is 1. The Morgan fingerprint density at radius 2 is 1.84 bits per heavy atom. The van der Waals surface area contributed by atoms with E-state index in [9.17, 15) is 18.0 Å². The number of aromatic nitrogens is 1. The van der Waals surface area contributed by atoms with E-state index in [2.05, 4.69) is 10.3 Å². The number of anilines is 1. The summed E-state index contributed by atoms with van der Waals surface area (Å²) in [6.45, 7) is 7.39. The van der Waals surface area contributed by atoms with Crippen molar-refractivity contribution >= 4 is 27.3 Å². The van der Waals surface area contributed by atoms with Crippen molar-refractivity contribution in [1.82, 2.24) is 9.88 Å². The number of ether oxygens (including phenoxy) is 1. The van der Waals surface area contributed by atoms with Gasteiger partial charge in [-0.3, -0.25) is 9.59 Å². The fraction of sp³-hybridized carbons (Fsp3) is 0.455. The lowest BCUT2D eigenvalue weighted by Crippen LogP contribution is -2.42. The number of carbonyl (C=O) groups excluding carboxylic acids is 2. The van der Waals surface area contributed by atoms with E-state index in [1.54, 1.807) is 38.1 Å². The number of amides is 2. The number of aromatic amines is 1. The lowest BCUT2D eigenvalue weighted by atomic mass is 9.86. The van der Waals surface area contributed by atoms with Crippen molar-refractivity contribution in [3.63, 3.8) is 0 Å². The van der Waals surface area contributed by atoms with Gasteiger partial charge in [0, 0.05) is 31.3 Å². The largest absolute Gasteiger partial charge is 0.478 e. The van der Waals surface area contributed by atoms with Crippen LogP contribution < -0.4 is 10.1 Å². The fourth-order valence-corrected chi connectivity index (χ4v) is 5.25. The topological polar surface area (TPSA) is 109 Å². The molecule has 2 atom stereocenters. The van der Waals surface area contributed by atoms with Crippen molar-refractivity contribution in [2.75, 3.05) is 18.9 Å². The normalized spacial score (nSPS) is 21.1. The maximum atomic E-state index is 13.0. The Morgan fingerprint density at radius 3 is 2.48 bits per heavy atom. The summed E-state index contributed by atoms with van der Waals surface area (Å²) in [7, 11) is -1.89. The minimum atomic E-state index is -3.60. The molecular weight excluding hydrogens is 418 g/mol. The first-order valence-electron chi connectivity index (χ1n) is 10.3. The van der Waals surface area contributed by atoms with E-state index < -0.39 is 21.2 Å². The molecule has 0 aliphatic carbocycles. The SMILES string of the molecule is CC(C)C1Oc2c(cc(S(=O)(=O)C(C)C)cc2C2CN(C)C(=O)c3[nH]ccc32)NC1=O. The van der Waals surface area contributed by atoms with Crippen LogP contribution in [-0.2, 0) is 14.6 Å². The molecule has 2 amide bonds. The Labute approximate surface area is 181 Å². The van der Waals surface area contributed by atoms with Gasteiger partial charge in [0.2, 0.25) is 0 Å². The molecule has 166 valence electrons. The van der Waals surface area contributed by atoms with Crippen LogP contribution in [0.25, 0.3) is 0 Å². The predicted octanol–water partition coefficient (Wildman–Crippen LogP) is 2.77. The first kappa shape index (κ1) is 21.4. The molecule has 0 fully saturated rings. The van der Waals surface area contributed by atoms with Gasteiger partial charge in [-0.05, 0) is 43.5 Å². The van der Waals surface area contributed by atoms with Gasteiger partial charge in [-0.1, -0.05) is 13.8 Å². The summed E-state index contributed by atoms with van der Waals surface area (Å²) in [5, 5.41) is 2.22. The molecule has 9 heteroatoms. The maximum Gasteiger partial charge on any atom is 0.270 e. The Bertz CT molecular complexity index is 1170. The highest BCUT2D eigenvalue weighted by atomic mass is 32.2. The predicted molar refractivity (Wildman–Crippen MR) is 116 cm³/mol. The van der Waals surface area contributed by atoms with Crippen molar-refractivity contribution in [3.8, 4) is 5.75 Å². The van der Waals surface area contributed by atoms with E-state index >= 15 is 0 Å². The van der Waals surface area contributed by atoms with Crippen molar-refractivity contribution in [2.24, 2.45) is 5.92 Å². The average molecular weight is 446 g/mol. The van der Waals surface area contributed by atoms with Crippen LogP contribution >= 0.6 is 0 Å². The summed E-state index contributed by atoms with van der Waals surface area (Å²) in [4.78, 5) is 29.9. The van der Waals surface area contributed by atoms with Crippen LogP contribution in [0.5, 0.6) is 5.75 Å². The van der Waals surface area contributed by atoms with Gasteiger partial charge in [-0.15, -0.1) is 0 Å². The van der Waals surface area contributed by atoms with Gasteiger partial charge in [-0.25, -0.2) is 8.42 Å². The Kier molecular flexibility index (Phi) is 5.12. The van der Waals surface area contributed by atoms with E-state index in [-0.39, 0.29) is 28.5 Å². The molecule has 2 aliphatic heterocycles. The molecule has 0 bridgehead atoms. The number of fused-ring (bicyclic) bond motifs is 2. The number of nitrogens with zero attached hydrogens (tertiary/aromatic N) is 1. The molecule has 0 spiro atoms. The van der Waals surface area contributed by atoms with Crippen LogP contribution in [0.15, 0.2) is 29.3 Å². The molecule has 0 radical (unpaired) electrons. The standard InChI is InChI=1S/C22H27N3O5S/c1-11(2)19-21(26)24-17-9-13(31(28,29)12(3)4)8-15(20(17)30-19)16-10-25(5)22(27)18-14(16)6-7-23-18/h6-9,11-12,16,19,23H,10H2,1-5H3,(H,24,26). The van der Waals surface area contributed by atoms with E-state index in [1.165, 1.54) is 6.07 Å². The Morgan fingerprint density at radius 1 is 1.13 bits per heavy atom. The number of carbonyl (C=O) groups is 2. The smallest absolute Gasteiger partial charge is 0.270 e. The summed E-state index contributed by atoms with van der Waals surface area (Å²) < 4.78 is 32.1. The molecule has 2 aliphatic rings. The molecule has 3 heterocycles. The van der Waals surface area contributed by atoms with Crippen LogP contribution in [0.4, 0.5) is 5.69 Å². The van der Waals surface area contributed by atoms with Gasteiger partial charge >= 0.3 is 0 Å². The molecule has 2 N–H and O–H groups in total. The number of hydrogen-bond acceptors (Lipinski definition) is 5. The lowest BCUT2D eigenvalue weighted by Gasteiger charge is -2.35. The molecule has 4 rings (SSSR count). The second-order valence-electron chi connectivity index (χ2n) is 8.80. The van der Waals surface area contributed by atoms with Gasteiger partial charge in [0.1, 0.15) is 11.4 Å². The van der Waals surface area contributed by atoms with Gasteiger partial charge < -0.3 is 19.9 Å². The third-order valence-electron chi connectivity index (χ3n) is 5.95. The third kappa shape index (κ3) is 3.40. The first-order valence-corrected chi connectivity index (χ1v) is 11.9.